The van der Waals surface area contributed by atoms with Crippen molar-refractivity contribution in [3.63, 3.8) is 0 Å². The molecule has 1 amide bonds. The zero-order chi connectivity index (χ0) is 13.1. The molecule has 18 heavy (non-hydrogen) atoms. The molecule has 0 bridgehead atoms. The van der Waals surface area contributed by atoms with E-state index in [1.165, 1.54) is 0 Å². The van der Waals surface area contributed by atoms with E-state index in [2.05, 4.69) is 21.2 Å². The van der Waals surface area contributed by atoms with Crippen LogP contribution in [0.2, 0.25) is 0 Å². The molecule has 0 aromatic heterocycles. The van der Waals surface area contributed by atoms with Crippen LogP contribution in [-0.4, -0.2) is 5.91 Å². The van der Waals surface area contributed by atoms with Gasteiger partial charge < -0.3 is 16.8 Å². The van der Waals surface area contributed by atoms with Gasteiger partial charge in [-0.3, -0.25) is 4.79 Å². The lowest BCUT2D eigenvalue weighted by molar-refractivity contribution is 0.102. The summed E-state index contributed by atoms with van der Waals surface area (Å²) in [4.78, 5) is 12.0. The molecule has 0 aliphatic heterocycles. The average molecular weight is 306 g/mol. The van der Waals surface area contributed by atoms with Crippen molar-refractivity contribution in [2.45, 2.75) is 0 Å². The normalized spacial score (nSPS) is 10.1. The van der Waals surface area contributed by atoms with Crippen LogP contribution in [0.15, 0.2) is 46.9 Å². The van der Waals surface area contributed by atoms with Gasteiger partial charge in [-0.25, -0.2) is 0 Å². The predicted molar refractivity (Wildman–Crippen MR) is 77.4 cm³/mol. The molecule has 0 unspecified atom stereocenters. The number of anilines is 3. The van der Waals surface area contributed by atoms with Gasteiger partial charge in [0.15, 0.2) is 0 Å². The summed E-state index contributed by atoms with van der Waals surface area (Å²) in [7, 11) is 0. The van der Waals surface area contributed by atoms with Gasteiger partial charge in [0.25, 0.3) is 5.91 Å². The first kappa shape index (κ1) is 12.4. The van der Waals surface area contributed by atoms with E-state index in [1.807, 2.05) is 18.2 Å². The van der Waals surface area contributed by atoms with Crippen LogP contribution in [0.4, 0.5) is 17.1 Å². The second-order valence-electron chi connectivity index (χ2n) is 3.78. The van der Waals surface area contributed by atoms with E-state index in [1.54, 1.807) is 24.3 Å². The fourth-order valence-corrected chi connectivity index (χ4v) is 1.92. The number of nitrogens with two attached hydrogens (primary N) is 2. The van der Waals surface area contributed by atoms with Gasteiger partial charge in [0.2, 0.25) is 0 Å². The molecule has 92 valence electrons. The quantitative estimate of drug-likeness (QED) is 0.746. The number of amides is 1. The summed E-state index contributed by atoms with van der Waals surface area (Å²) >= 11 is 3.36. The van der Waals surface area contributed by atoms with Crippen LogP contribution in [-0.2, 0) is 0 Å². The highest BCUT2D eigenvalue weighted by molar-refractivity contribution is 9.10. The second kappa shape index (κ2) is 5.10. The molecule has 0 fully saturated rings. The van der Waals surface area contributed by atoms with E-state index < -0.39 is 0 Å². The highest BCUT2D eigenvalue weighted by Gasteiger charge is 2.11. The topological polar surface area (TPSA) is 81.1 Å². The summed E-state index contributed by atoms with van der Waals surface area (Å²) in [6.07, 6.45) is 0. The lowest BCUT2D eigenvalue weighted by Crippen LogP contribution is -2.14. The number of hydrogen-bond donors (Lipinski definition) is 3. The third-order valence-corrected chi connectivity index (χ3v) is 3.13. The molecule has 0 saturated heterocycles. The van der Waals surface area contributed by atoms with Gasteiger partial charge in [-0.05, 0) is 46.3 Å². The summed E-state index contributed by atoms with van der Waals surface area (Å²) in [5.74, 6) is -0.264. The molecule has 4 nitrogen and oxygen atoms in total. The zero-order valence-corrected chi connectivity index (χ0v) is 11.1. The van der Waals surface area contributed by atoms with Crippen molar-refractivity contribution >= 4 is 38.9 Å². The number of halogens is 1. The Labute approximate surface area is 113 Å². The van der Waals surface area contributed by atoms with Gasteiger partial charge in [0, 0.05) is 15.8 Å². The molecule has 0 aliphatic rings. The monoisotopic (exact) mass is 305 g/mol. The SMILES string of the molecule is Nc1ccc(C(=O)Nc2ccccc2Br)c(N)c1. The molecule has 0 heterocycles. The van der Waals surface area contributed by atoms with Crippen molar-refractivity contribution in [2.24, 2.45) is 0 Å². The Morgan fingerprint density at radius 2 is 1.83 bits per heavy atom. The average Bonchev–Trinajstić information content (AvgIpc) is 2.32. The molecule has 0 atom stereocenters. The molecule has 5 N–H and O–H groups in total. The predicted octanol–water partition coefficient (Wildman–Crippen LogP) is 2.87. The third kappa shape index (κ3) is 2.62. The molecule has 5 heteroatoms. The molecule has 0 aliphatic carbocycles. The van der Waals surface area contributed by atoms with Gasteiger partial charge >= 0.3 is 0 Å². The fourth-order valence-electron chi connectivity index (χ4n) is 1.54. The fraction of sp³-hybridized carbons (Fsp3) is 0. The Hall–Kier alpha value is -2.01. The summed E-state index contributed by atoms with van der Waals surface area (Å²) in [5.41, 5.74) is 13.3. The van der Waals surface area contributed by atoms with Crippen molar-refractivity contribution in [1.29, 1.82) is 0 Å². The van der Waals surface area contributed by atoms with Gasteiger partial charge in [-0.2, -0.15) is 0 Å². The summed E-state index contributed by atoms with van der Waals surface area (Å²) < 4.78 is 0.812. The van der Waals surface area contributed by atoms with Crippen molar-refractivity contribution in [2.75, 3.05) is 16.8 Å². The Bertz CT molecular complexity index is 599. The molecule has 2 aromatic carbocycles. The minimum atomic E-state index is -0.264. The number of carbonyl (C=O) groups excluding carboxylic acids is 1. The van der Waals surface area contributed by atoms with E-state index in [9.17, 15) is 4.79 Å². The Morgan fingerprint density at radius 1 is 1.11 bits per heavy atom. The van der Waals surface area contributed by atoms with Crippen LogP contribution in [0.25, 0.3) is 0 Å². The van der Waals surface area contributed by atoms with Crippen LogP contribution in [0.5, 0.6) is 0 Å². The van der Waals surface area contributed by atoms with E-state index >= 15 is 0 Å². The van der Waals surface area contributed by atoms with Gasteiger partial charge in [-0.1, -0.05) is 12.1 Å². The lowest BCUT2D eigenvalue weighted by Gasteiger charge is -2.09. The zero-order valence-electron chi connectivity index (χ0n) is 9.48. The number of carbonyl (C=O) groups is 1. The van der Waals surface area contributed by atoms with Crippen molar-refractivity contribution in [3.8, 4) is 0 Å². The number of nitrogen functional groups attached to an aromatic ring is 2. The number of rotatable bonds is 2. The van der Waals surface area contributed by atoms with Crippen LogP contribution >= 0.6 is 15.9 Å². The molecular formula is C13H12BrN3O. The first-order valence-corrected chi connectivity index (χ1v) is 6.08. The van der Waals surface area contributed by atoms with Crippen molar-refractivity contribution in [3.05, 3.63) is 52.5 Å². The van der Waals surface area contributed by atoms with E-state index in [0.717, 1.165) is 4.47 Å². The van der Waals surface area contributed by atoms with Gasteiger partial charge in [-0.15, -0.1) is 0 Å². The third-order valence-electron chi connectivity index (χ3n) is 2.44. The molecular weight excluding hydrogens is 294 g/mol. The van der Waals surface area contributed by atoms with Crippen molar-refractivity contribution in [1.82, 2.24) is 0 Å². The maximum absolute atomic E-state index is 12.0. The minimum Gasteiger partial charge on any atom is -0.399 e. The standard InChI is InChI=1S/C13H12BrN3O/c14-10-3-1-2-4-12(10)17-13(18)9-6-5-8(15)7-11(9)16/h1-7H,15-16H2,(H,17,18). The Kier molecular flexibility index (Phi) is 3.53. The number of nitrogens with one attached hydrogen (secondary N) is 1. The molecule has 2 rings (SSSR count). The Balaban J connectivity index is 2.25. The highest BCUT2D eigenvalue weighted by atomic mass is 79.9. The minimum absolute atomic E-state index is 0.264. The molecule has 2 aromatic rings. The van der Waals surface area contributed by atoms with Crippen LogP contribution in [0.1, 0.15) is 10.4 Å². The maximum Gasteiger partial charge on any atom is 0.257 e. The largest absolute Gasteiger partial charge is 0.399 e. The van der Waals surface area contributed by atoms with Gasteiger partial charge in [0.1, 0.15) is 0 Å². The van der Waals surface area contributed by atoms with Crippen LogP contribution in [0, 0.1) is 0 Å². The molecule has 0 spiro atoms. The first-order chi connectivity index (χ1) is 8.58. The Morgan fingerprint density at radius 3 is 2.50 bits per heavy atom. The highest BCUT2D eigenvalue weighted by Crippen LogP contribution is 2.23. The first-order valence-electron chi connectivity index (χ1n) is 5.29. The summed E-state index contributed by atoms with van der Waals surface area (Å²) in [6, 6.07) is 12.2. The van der Waals surface area contributed by atoms with Crippen LogP contribution in [0.3, 0.4) is 0 Å². The molecule has 0 radical (unpaired) electrons. The number of benzene rings is 2. The van der Waals surface area contributed by atoms with E-state index in [0.29, 0.717) is 22.6 Å². The second-order valence-corrected chi connectivity index (χ2v) is 4.63. The van der Waals surface area contributed by atoms with E-state index in [-0.39, 0.29) is 5.91 Å². The van der Waals surface area contributed by atoms with Crippen molar-refractivity contribution < 1.29 is 4.79 Å². The summed E-state index contributed by atoms with van der Waals surface area (Å²) in [6.45, 7) is 0. The number of hydrogen-bond acceptors (Lipinski definition) is 3. The van der Waals surface area contributed by atoms with Gasteiger partial charge in [0.05, 0.1) is 11.3 Å². The number of para-hydroxylation sites is 1. The lowest BCUT2D eigenvalue weighted by atomic mass is 10.1. The van der Waals surface area contributed by atoms with Crippen LogP contribution < -0.4 is 16.8 Å². The molecule has 0 saturated carbocycles. The smallest absolute Gasteiger partial charge is 0.257 e. The summed E-state index contributed by atoms with van der Waals surface area (Å²) in [5, 5.41) is 2.78. The van der Waals surface area contributed by atoms with E-state index in [4.69, 9.17) is 11.5 Å². The maximum atomic E-state index is 12.0.